The zero-order chi connectivity index (χ0) is 13.5. The van der Waals surface area contributed by atoms with Gasteiger partial charge in [-0.3, -0.25) is 4.90 Å². The first kappa shape index (κ1) is 14.5. The van der Waals surface area contributed by atoms with Crippen LogP contribution < -0.4 is 5.73 Å². The molecule has 2 N–H and O–H groups in total. The van der Waals surface area contributed by atoms with Crippen molar-refractivity contribution >= 4 is 22.6 Å². The molecule has 0 spiro atoms. The molecule has 0 aliphatic heterocycles. The molecular weight excluding hydrogens is 347 g/mol. The Bertz CT molecular complexity index is 482. The summed E-state index contributed by atoms with van der Waals surface area (Å²) in [6, 6.07) is 19.2. The van der Waals surface area contributed by atoms with Gasteiger partial charge in [0.25, 0.3) is 0 Å². The summed E-state index contributed by atoms with van der Waals surface area (Å²) in [7, 11) is 0. The molecule has 0 radical (unpaired) electrons. The van der Waals surface area contributed by atoms with Crippen LogP contribution in [-0.2, 0) is 13.1 Å². The maximum Gasteiger partial charge on any atom is 0.0237 e. The number of hydrogen-bond acceptors (Lipinski definition) is 2. The van der Waals surface area contributed by atoms with Gasteiger partial charge in [0.2, 0.25) is 0 Å². The second-order valence-electron chi connectivity index (χ2n) is 4.61. The number of hydrogen-bond donors (Lipinski definition) is 1. The van der Waals surface area contributed by atoms with E-state index in [0.717, 1.165) is 19.6 Å². The first-order valence-corrected chi connectivity index (χ1v) is 7.56. The summed E-state index contributed by atoms with van der Waals surface area (Å²) >= 11 is 2.33. The van der Waals surface area contributed by atoms with Crippen molar-refractivity contribution in [3.63, 3.8) is 0 Å². The predicted molar refractivity (Wildman–Crippen MR) is 88.8 cm³/mol. The van der Waals surface area contributed by atoms with Crippen LogP contribution in [0.3, 0.4) is 0 Å². The van der Waals surface area contributed by atoms with E-state index in [9.17, 15) is 0 Å². The van der Waals surface area contributed by atoms with Crippen LogP contribution in [0.5, 0.6) is 0 Å². The molecular formula is C16H19IN2. The molecule has 2 aromatic rings. The molecule has 0 aliphatic carbocycles. The monoisotopic (exact) mass is 366 g/mol. The van der Waals surface area contributed by atoms with Gasteiger partial charge in [-0.15, -0.1) is 0 Å². The van der Waals surface area contributed by atoms with Crippen molar-refractivity contribution in [2.45, 2.75) is 13.1 Å². The van der Waals surface area contributed by atoms with Gasteiger partial charge in [-0.25, -0.2) is 0 Å². The standard InChI is InChI=1S/C16H19IN2/c17-16-8-6-15(7-9-16)13-19(11-10-18)12-14-4-2-1-3-5-14/h1-9H,10-13,18H2. The smallest absolute Gasteiger partial charge is 0.0237 e. The van der Waals surface area contributed by atoms with Gasteiger partial charge < -0.3 is 5.73 Å². The Morgan fingerprint density at radius 3 is 2.00 bits per heavy atom. The van der Waals surface area contributed by atoms with E-state index in [1.165, 1.54) is 14.7 Å². The van der Waals surface area contributed by atoms with Gasteiger partial charge in [-0.05, 0) is 45.9 Å². The molecule has 0 unspecified atom stereocenters. The van der Waals surface area contributed by atoms with E-state index in [4.69, 9.17) is 5.73 Å². The fourth-order valence-corrected chi connectivity index (χ4v) is 2.45. The van der Waals surface area contributed by atoms with E-state index in [2.05, 4.69) is 82.1 Å². The molecule has 3 heteroatoms. The van der Waals surface area contributed by atoms with E-state index in [1.54, 1.807) is 0 Å². The zero-order valence-corrected chi connectivity index (χ0v) is 13.1. The molecule has 2 nitrogen and oxygen atoms in total. The van der Waals surface area contributed by atoms with E-state index >= 15 is 0 Å². The Balaban J connectivity index is 2.01. The molecule has 0 aliphatic rings. The highest BCUT2D eigenvalue weighted by Gasteiger charge is 2.06. The summed E-state index contributed by atoms with van der Waals surface area (Å²) in [6.45, 7) is 3.51. The first-order valence-electron chi connectivity index (χ1n) is 6.49. The summed E-state index contributed by atoms with van der Waals surface area (Å²) < 4.78 is 1.27. The summed E-state index contributed by atoms with van der Waals surface area (Å²) in [6.07, 6.45) is 0. The van der Waals surface area contributed by atoms with E-state index in [1.807, 2.05) is 0 Å². The van der Waals surface area contributed by atoms with Crippen LogP contribution in [0.2, 0.25) is 0 Å². The molecule has 0 saturated carbocycles. The SMILES string of the molecule is NCCN(Cc1ccccc1)Cc1ccc(I)cc1. The van der Waals surface area contributed by atoms with Crippen LogP contribution in [0.4, 0.5) is 0 Å². The highest BCUT2D eigenvalue weighted by Crippen LogP contribution is 2.11. The summed E-state index contributed by atoms with van der Waals surface area (Å²) in [4.78, 5) is 2.39. The maximum absolute atomic E-state index is 5.72. The van der Waals surface area contributed by atoms with Crippen LogP contribution in [-0.4, -0.2) is 18.0 Å². The van der Waals surface area contributed by atoms with E-state index < -0.39 is 0 Å². The third kappa shape index (κ3) is 4.93. The Labute approximate surface area is 128 Å². The average molecular weight is 366 g/mol. The summed E-state index contributed by atoms with van der Waals surface area (Å²) in [5.74, 6) is 0. The highest BCUT2D eigenvalue weighted by molar-refractivity contribution is 14.1. The van der Waals surface area contributed by atoms with Crippen molar-refractivity contribution in [3.05, 3.63) is 69.3 Å². The molecule has 0 fully saturated rings. The zero-order valence-electron chi connectivity index (χ0n) is 10.9. The topological polar surface area (TPSA) is 29.3 Å². The normalized spacial score (nSPS) is 10.9. The largest absolute Gasteiger partial charge is 0.329 e. The Kier molecular flexibility index (Phi) is 5.82. The number of halogens is 1. The average Bonchev–Trinajstić information content (AvgIpc) is 2.43. The quantitative estimate of drug-likeness (QED) is 0.796. The van der Waals surface area contributed by atoms with Gasteiger partial charge in [0.05, 0.1) is 0 Å². The molecule has 0 saturated heterocycles. The number of benzene rings is 2. The molecule has 100 valence electrons. The van der Waals surface area contributed by atoms with Crippen molar-refractivity contribution in [1.82, 2.24) is 4.90 Å². The van der Waals surface area contributed by atoms with Gasteiger partial charge in [-0.2, -0.15) is 0 Å². The minimum absolute atomic E-state index is 0.692. The molecule has 0 amide bonds. The lowest BCUT2D eigenvalue weighted by Crippen LogP contribution is -2.28. The summed E-state index contributed by atoms with van der Waals surface area (Å²) in [5, 5.41) is 0. The molecule has 0 aromatic heterocycles. The van der Waals surface area contributed by atoms with Gasteiger partial charge >= 0.3 is 0 Å². The van der Waals surface area contributed by atoms with Gasteiger partial charge in [-0.1, -0.05) is 42.5 Å². The Hall–Kier alpha value is -0.910. The van der Waals surface area contributed by atoms with E-state index in [0.29, 0.717) is 6.54 Å². The molecule has 0 heterocycles. The summed E-state index contributed by atoms with van der Waals surface area (Å²) in [5.41, 5.74) is 8.39. The van der Waals surface area contributed by atoms with Crippen LogP contribution in [0, 0.1) is 3.57 Å². The van der Waals surface area contributed by atoms with Gasteiger partial charge in [0.1, 0.15) is 0 Å². The lowest BCUT2D eigenvalue weighted by molar-refractivity contribution is 0.264. The number of rotatable bonds is 6. The van der Waals surface area contributed by atoms with Gasteiger partial charge in [0, 0.05) is 29.7 Å². The fourth-order valence-electron chi connectivity index (χ4n) is 2.09. The molecule has 19 heavy (non-hydrogen) atoms. The van der Waals surface area contributed by atoms with Crippen molar-refractivity contribution in [3.8, 4) is 0 Å². The molecule has 2 rings (SSSR count). The Morgan fingerprint density at radius 2 is 1.42 bits per heavy atom. The van der Waals surface area contributed by atoms with Crippen LogP contribution in [0.25, 0.3) is 0 Å². The van der Waals surface area contributed by atoms with Crippen LogP contribution in [0.15, 0.2) is 54.6 Å². The molecule has 0 bridgehead atoms. The Morgan fingerprint density at radius 1 is 0.842 bits per heavy atom. The minimum atomic E-state index is 0.692. The lowest BCUT2D eigenvalue weighted by atomic mass is 10.1. The molecule has 0 atom stereocenters. The van der Waals surface area contributed by atoms with Crippen molar-refractivity contribution in [2.75, 3.05) is 13.1 Å². The fraction of sp³-hybridized carbons (Fsp3) is 0.250. The van der Waals surface area contributed by atoms with Crippen LogP contribution in [0.1, 0.15) is 11.1 Å². The second-order valence-corrected chi connectivity index (χ2v) is 5.86. The van der Waals surface area contributed by atoms with Crippen molar-refractivity contribution < 1.29 is 0 Å². The maximum atomic E-state index is 5.72. The third-order valence-electron chi connectivity index (χ3n) is 3.01. The first-order chi connectivity index (χ1) is 9.28. The number of nitrogens with two attached hydrogens (primary N) is 1. The highest BCUT2D eigenvalue weighted by atomic mass is 127. The van der Waals surface area contributed by atoms with Crippen molar-refractivity contribution in [2.24, 2.45) is 5.73 Å². The number of nitrogens with zero attached hydrogens (tertiary/aromatic N) is 1. The van der Waals surface area contributed by atoms with Crippen LogP contribution >= 0.6 is 22.6 Å². The van der Waals surface area contributed by atoms with Crippen molar-refractivity contribution in [1.29, 1.82) is 0 Å². The van der Waals surface area contributed by atoms with Gasteiger partial charge in [0.15, 0.2) is 0 Å². The minimum Gasteiger partial charge on any atom is -0.329 e. The third-order valence-corrected chi connectivity index (χ3v) is 3.73. The predicted octanol–water partition coefficient (Wildman–Crippen LogP) is 3.25. The van der Waals surface area contributed by atoms with E-state index in [-0.39, 0.29) is 0 Å². The molecule has 2 aromatic carbocycles. The lowest BCUT2D eigenvalue weighted by Gasteiger charge is -2.21. The second kappa shape index (κ2) is 7.62.